The van der Waals surface area contributed by atoms with Gasteiger partial charge in [0.15, 0.2) is 0 Å². The molecule has 0 saturated heterocycles. The van der Waals surface area contributed by atoms with Gasteiger partial charge in [-0.05, 0) is 18.2 Å². The van der Waals surface area contributed by atoms with Gasteiger partial charge in [0.1, 0.15) is 0 Å². The first kappa shape index (κ1) is 13.8. The first-order chi connectivity index (χ1) is 8.08. The summed E-state index contributed by atoms with van der Waals surface area (Å²) >= 11 is 5.73. The van der Waals surface area contributed by atoms with Gasteiger partial charge in [0.25, 0.3) is 5.91 Å². The van der Waals surface area contributed by atoms with Gasteiger partial charge in [-0.1, -0.05) is 11.6 Å². The molecule has 1 amide bonds. The van der Waals surface area contributed by atoms with E-state index in [2.05, 4.69) is 5.32 Å². The largest absolute Gasteiger partial charge is 0.398 e. The maximum Gasteiger partial charge on any atom is 0.253 e. The minimum atomic E-state index is -0.456. The number of nitrogen functional groups attached to an aromatic ring is 1. The minimum Gasteiger partial charge on any atom is -0.398 e. The second-order valence-electron chi connectivity index (χ2n) is 3.54. The second kappa shape index (κ2) is 6.44. The third kappa shape index (κ3) is 3.89. The van der Waals surface area contributed by atoms with Crippen molar-refractivity contribution >= 4 is 23.2 Å². The lowest BCUT2D eigenvalue weighted by Gasteiger charge is -2.15. The fourth-order valence-corrected chi connectivity index (χ4v) is 1.53. The number of nitrogens with two attached hydrogens (primary N) is 1. The van der Waals surface area contributed by atoms with Crippen molar-refractivity contribution in [2.24, 2.45) is 0 Å². The number of rotatable bonds is 5. The van der Waals surface area contributed by atoms with Crippen molar-refractivity contribution in [1.82, 2.24) is 5.32 Å². The summed E-state index contributed by atoms with van der Waals surface area (Å²) in [5, 5.41) is 12.1. The lowest BCUT2D eigenvalue weighted by molar-refractivity contribution is 0.0840. The summed E-state index contributed by atoms with van der Waals surface area (Å²) in [7, 11) is 1.49. The van der Waals surface area contributed by atoms with E-state index < -0.39 is 6.04 Å². The van der Waals surface area contributed by atoms with E-state index in [0.717, 1.165) is 0 Å². The van der Waals surface area contributed by atoms with Crippen LogP contribution in [-0.4, -0.2) is 37.4 Å². The van der Waals surface area contributed by atoms with Gasteiger partial charge in [0.2, 0.25) is 0 Å². The number of carbonyl (C=O) groups is 1. The molecule has 6 heteroatoms. The van der Waals surface area contributed by atoms with Gasteiger partial charge in [0.05, 0.1) is 24.8 Å². The molecule has 1 aromatic carbocycles. The zero-order valence-corrected chi connectivity index (χ0v) is 10.2. The van der Waals surface area contributed by atoms with Gasteiger partial charge < -0.3 is 20.9 Å². The van der Waals surface area contributed by atoms with E-state index >= 15 is 0 Å². The van der Waals surface area contributed by atoms with Crippen LogP contribution in [-0.2, 0) is 4.74 Å². The molecule has 0 bridgehead atoms. The Morgan fingerprint density at radius 1 is 1.65 bits per heavy atom. The third-order valence-electron chi connectivity index (χ3n) is 2.18. The highest BCUT2D eigenvalue weighted by atomic mass is 35.5. The molecule has 0 saturated carbocycles. The van der Waals surface area contributed by atoms with E-state index in [-0.39, 0.29) is 19.1 Å². The van der Waals surface area contributed by atoms with Crippen LogP contribution in [0.4, 0.5) is 5.69 Å². The molecule has 0 aliphatic heterocycles. The Labute approximate surface area is 105 Å². The number of nitrogens with one attached hydrogen (secondary N) is 1. The Hall–Kier alpha value is -1.30. The van der Waals surface area contributed by atoms with Crippen LogP contribution in [0.2, 0.25) is 5.02 Å². The monoisotopic (exact) mass is 258 g/mol. The van der Waals surface area contributed by atoms with E-state index in [9.17, 15) is 4.79 Å². The fourth-order valence-electron chi connectivity index (χ4n) is 1.34. The van der Waals surface area contributed by atoms with Gasteiger partial charge in [-0.3, -0.25) is 4.79 Å². The van der Waals surface area contributed by atoms with Crippen molar-refractivity contribution in [3.63, 3.8) is 0 Å². The topological polar surface area (TPSA) is 84.6 Å². The van der Waals surface area contributed by atoms with Gasteiger partial charge in [0, 0.05) is 17.8 Å². The normalized spacial score (nSPS) is 12.2. The molecule has 17 heavy (non-hydrogen) atoms. The average Bonchev–Trinajstić information content (AvgIpc) is 2.28. The Balaban J connectivity index is 2.75. The van der Waals surface area contributed by atoms with Crippen LogP contribution < -0.4 is 11.1 Å². The van der Waals surface area contributed by atoms with Gasteiger partial charge in [-0.25, -0.2) is 0 Å². The fraction of sp³-hybridized carbons (Fsp3) is 0.364. The number of aliphatic hydroxyl groups excluding tert-OH is 1. The maximum atomic E-state index is 11.8. The molecular weight excluding hydrogens is 244 g/mol. The first-order valence-electron chi connectivity index (χ1n) is 5.04. The Morgan fingerprint density at radius 2 is 2.35 bits per heavy atom. The van der Waals surface area contributed by atoms with Crippen LogP contribution in [0.25, 0.3) is 0 Å². The molecule has 5 nitrogen and oxygen atoms in total. The highest BCUT2D eigenvalue weighted by molar-refractivity contribution is 6.31. The molecule has 1 rings (SSSR count). The minimum absolute atomic E-state index is 0.201. The van der Waals surface area contributed by atoms with Crippen molar-refractivity contribution in [3.8, 4) is 0 Å². The number of aliphatic hydroxyl groups is 1. The van der Waals surface area contributed by atoms with E-state index in [1.165, 1.54) is 19.2 Å². The highest BCUT2D eigenvalue weighted by Crippen LogP contribution is 2.17. The van der Waals surface area contributed by atoms with Crippen molar-refractivity contribution in [1.29, 1.82) is 0 Å². The number of halogens is 1. The number of amides is 1. The van der Waals surface area contributed by atoms with Gasteiger partial charge >= 0.3 is 0 Å². The van der Waals surface area contributed by atoms with Crippen LogP contribution in [0.1, 0.15) is 10.4 Å². The first-order valence-corrected chi connectivity index (χ1v) is 5.42. The zero-order chi connectivity index (χ0) is 12.8. The Morgan fingerprint density at radius 3 is 2.88 bits per heavy atom. The second-order valence-corrected chi connectivity index (χ2v) is 3.98. The molecule has 0 spiro atoms. The molecule has 0 fully saturated rings. The van der Waals surface area contributed by atoms with Gasteiger partial charge in [-0.2, -0.15) is 0 Å². The number of ether oxygens (including phenoxy) is 1. The summed E-state index contributed by atoms with van der Waals surface area (Å²) in [4.78, 5) is 11.8. The molecule has 1 atom stereocenters. The number of anilines is 1. The van der Waals surface area contributed by atoms with Gasteiger partial charge in [-0.15, -0.1) is 0 Å². The predicted molar refractivity (Wildman–Crippen MR) is 66.1 cm³/mol. The van der Waals surface area contributed by atoms with Crippen molar-refractivity contribution < 1.29 is 14.6 Å². The molecule has 1 unspecified atom stereocenters. The van der Waals surface area contributed by atoms with Crippen molar-refractivity contribution in [2.45, 2.75) is 6.04 Å². The van der Waals surface area contributed by atoms with E-state index in [0.29, 0.717) is 16.3 Å². The molecule has 0 aliphatic carbocycles. The smallest absolute Gasteiger partial charge is 0.253 e. The Bertz CT molecular complexity index is 398. The number of methoxy groups -OCH3 is 1. The molecule has 1 aromatic rings. The summed E-state index contributed by atoms with van der Waals surface area (Å²) in [6.07, 6.45) is 0. The van der Waals surface area contributed by atoms with Crippen molar-refractivity contribution in [3.05, 3.63) is 28.8 Å². The lowest BCUT2D eigenvalue weighted by atomic mass is 10.1. The van der Waals surface area contributed by atoms with E-state index in [1.807, 2.05) is 0 Å². The standard InChI is InChI=1S/C11H15ClN2O3/c1-17-6-8(5-15)14-11(16)9-3-2-7(12)4-10(9)13/h2-4,8,15H,5-6,13H2,1H3,(H,14,16). The lowest BCUT2D eigenvalue weighted by Crippen LogP contribution is -2.40. The molecule has 4 N–H and O–H groups in total. The van der Waals surface area contributed by atoms with Crippen LogP contribution in [0, 0.1) is 0 Å². The highest BCUT2D eigenvalue weighted by Gasteiger charge is 2.14. The summed E-state index contributed by atoms with van der Waals surface area (Å²) < 4.78 is 4.85. The zero-order valence-electron chi connectivity index (χ0n) is 9.44. The number of hydrogen-bond acceptors (Lipinski definition) is 4. The predicted octanol–water partition coefficient (Wildman–Crippen LogP) is 0.659. The third-order valence-corrected chi connectivity index (χ3v) is 2.42. The van der Waals surface area contributed by atoms with Crippen molar-refractivity contribution in [2.75, 3.05) is 26.1 Å². The molecule has 0 radical (unpaired) electrons. The summed E-state index contributed by atoms with van der Waals surface area (Å²) in [6.45, 7) is 0.0306. The average molecular weight is 259 g/mol. The van der Waals surface area contributed by atoms with E-state index in [1.54, 1.807) is 6.07 Å². The van der Waals surface area contributed by atoms with Crippen LogP contribution in [0.5, 0.6) is 0 Å². The SMILES string of the molecule is COCC(CO)NC(=O)c1ccc(Cl)cc1N. The molecule has 0 aliphatic rings. The quantitative estimate of drug-likeness (QED) is 0.678. The van der Waals surface area contributed by atoms with Crippen LogP contribution in [0.15, 0.2) is 18.2 Å². The molecule has 0 heterocycles. The number of benzene rings is 1. The summed E-state index contributed by atoms with van der Waals surface area (Å²) in [5.74, 6) is -0.365. The van der Waals surface area contributed by atoms with E-state index in [4.69, 9.17) is 27.2 Å². The van der Waals surface area contributed by atoms with Crippen LogP contribution >= 0.6 is 11.6 Å². The summed E-state index contributed by atoms with van der Waals surface area (Å²) in [6, 6.07) is 4.16. The summed E-state index contributed by atoms with van der Waals surface area (Å²) in [5.41, 5.74) is 6.29. The molecule has 94 valence electrons. The van der Waals surface area contributed by atoms with Crippen LogP contribution in [0.3, 0.4) is 0 Å². The molecular formula is C11H15ClN2O3. The number of hydrogen-bond donors (Lipinski definition) is 3. The Kier molecular flexibility index (Phi) is 5.21. The number of carbonyl (C=O) groups excluding carboxylic acids is 1. The molecule has 0 aromatic heterocycles. The maximum absolute atomic E-state index is 11.8.